The Morgan fingerprint density at radius 2 is 1.94 bits per heavy atom. The van der Waals surface area contributed by atoms with Crippen molar-refractivity contribution in [2.45, 2.75) is 78.1 Å². The van der Waals surface area contributed by atoms with Crippen LogP contribution in [0.5, 0.6) is 0 Å². The Morgan fingerprint density at radius 1 is 1.23 bits per heavy atom. The normalized spacial score (nSPS) is 16.1. The molecule has 0 spiro atoms. The van der Waals surface area contributed by atoms with Gasteiger partial charge in [-0.1, -0.05) is 19.6 Å². The van der Waals surface area contributed by atoms with Crippen molar-refractivity contribution < 1.29 is 14.3 Å². The van der Waals surface area contributed by atoms with E-state index in [0.29, 0.717) is 12.6 Å². The maximum absolute atomic E-state index is 12.2. The van der Waals surface area contributed by atoms with E-state index in [4.69, 9.17) is 14.5 Å². The highest BCUT2D eigenvalue weighted by molar-refractivity contribution is 6.76. The fourth-order valence-electron chi connectivity index (χ4n) is 3.69. The highest BCUT2D eigenvalue weighted by Gasteiger charge is 2.27. The quantitative estimate of drug-likeness (QED) is 0.445. The van der Waals surface area contributed by atoms with E-state index in [1.165, 1.54) is 0 Å². The first-order valence-electron chi connectivity index (χ1n) is 11.4. The summed E-state index contributed by atoms with van der Waals surface area (Å²) in [6, 6.07) is 3.17. The monoisotopic (exact) mass is 446 g/mol. The second kappa shape index (κ2) is 9.69. The highest BCUT2D eigenvalue weighted by Crippen LogP contribution is 2.23. The molecule has 0 saturated carbocycles. The topological polar surface area (TPSA) is 69.5 Å². The molecule has 172 valence electrons. The zero-order chi connectivity index (χ0) is 22.6. The van der Waals surface area contributed by atoms with E-state index in [0.717, 1.165) is 61.9 Å². The van der Waals surface area contributed by atoms with Gasteiger partial charge in [-0.15, -0.1) is 0 Å². The first-order chi connectivity index (χ1) is 14.5. The molecule has 8 heteroatoms. The summed E-state index contributed by atoms with van der Waals surface area (Å²) < 4.78 is 13.4. The van der Waals surface area contributed by atoms with Crippen LogP contribution in [0.2, 0.25) is 25.7 Å². The number of hydrogen-bond donors (Lipinski definition) is 0. The zero-order valence-corrected chi connectivity index (χ0v) is 21.0. The SMILES string of the molecule is CC(C)(C)OC(=O)N1CCC(Cc2cnc3c(ccn3COCC[Si](C)(C)C)n2)CC1. The van der Waals surface area contributed by atoms with Crippen molar-refractivity contribution in [1.82, 2.24) is 19.4 Å². The summed E-state index contributed by atoms with van der Waals surface area (Å²) in [5.41, 5.74) is 2.35. The van der Waals surface area contributed by atoms with Crippen LogP contribution in [-0.2, 0) is 22.6 Å². The molecule has 2 aromatic rings. The van der Waals surface area contributed by atoms with Gasteiger partial charge in [0.25, 0.3) is 0 Å². The van der Waals surface area contributed by atoms with Gasteiger partial charge < -0.3 is 18.9 Å². The molecule has 1 saturated heterocycles. The van der Waals surface area contributed by atoms with Gasteiger partial charge in [0, 0.05) is 34.0 Å². The lowest BCUT2D eigenvalue weighted by Gasteiger charge is -2.33. The Kier molecular flexibility index (Phi) is 7.42. The zero-order valence-electron chi connectivity index (χ0n) is 20.0. The molecule has 7 nitrogen and oxygen atoms in total. The minimum Gasteiger partial charge on any atom is -0.444 e. The largest absolute Gasteiger partial charge is 0.444 e. The van der Waals surface area contributed by atoms with Gasteiger partial charge in [0.05, 0.1) is 11.9 Å². The van der Waals surface area contributed by atoms with Crippen molar-refractivity contribution in [3.05, 3.63) is 24.2 Å². The lowest BCUT2D eigenvalue weighted by atomic mass is 9.92. The number of carbonyl (C=O) groups is 1. The first-order valence-corrected chi connectivity index (χ1v) is 15.1. The van der Waals surface area contributed by atoms with Gasteiger partial charge in [-0.25, -0.2) is 14.8 Å². The van der Waals surface area contributed by atoms with Crippen LogP contribution in [0.25, 0.3) is 11.2 Å². The van der Waals surface area contributed by atoms with Gasteiger partial charge in [0.1, 0.15) is 17.8 Å². The van der Waals surface area contributed by atoms with Crippen LogP contribution in [0, 0.1) is 5.92 Å². The van der Waals surface area contributed by atoms with E-state index in [1.807, 2.05) is 48.7 Å². The molecule has 31 heavy (non-hydrogen) atoms. The smallest absolute Gasteiger partial charge is 0.410 e. The molecule has 0 aromatic carbocycles. The summed E-state index contributed by atoms with van der Waals surface area (Å²) in [7, 11) is -1.07. The molecule has 1 aliphatic heterocycles. The number of amides is 1. The van der Waals surface area contributed by atoms with Crippen LogP contribution in [0.15, 0.2) is 18.5 Å². The fraction of sp³-hybridized carbons (Fsp3) is 0.696. The van der Waals surface area contributed by atoms with Crippen molar-refractivity contribution in [2.24, 2.45) is 5.92 Å². The molecule has 2 aromatic heterocycles. The molecule has 0 bridgehead atoms. The molecule has 1 fully saturated rings. The predicted octanol–water partition coefficient (Wildman–Crippen LogP) is 4.93. The van der Waals surface area contributed by atoms with Gasteiger partial charge in [-0.2, -0.15) is 0 Å². The number of piperidine rings is 1. The van der Waals surface area contributed by atoms with E-state index in [-0.39, 0.29) is 6.09 Å². The van der Waals surface area contributed by atoms with Gasteiger partial charge in [0.15, 0.2) is 5.65 Å². The Labute approximate surface area is 187 Å². The summed E-state index contributed by atoms with van der Waals surface area (Å²) in [5.74, 6) is 0.512. The number of likely N-dealkylation sites (tertiary alicyclic amines) is 1. The third-order valence-corrected chi connectivity index (χ3v) is 7.21. The van der Waals surface area contributed by atoms with Gasteiger partial charge in [-0.05, 0) is 58.1 Å². The molecule has 3 heterocycles. The standard InChI is InChI=1S/C23H38N4O3Si/c1-23(2,3)30-22(28)26-10-7-18(8-11-26)15-19-16-24-21-20(25-19)9-12-27(21)17-29-13-14-31(4,5)6/h9,12,16,18H,7-8,10-11,13-15,17H2,1-6H3. The van der Waals surface area contributed by atoms with E-state index < -0.39 is 13.7 Å². The molecule has 0 radical (unpaired) electrons. The third kappa shape index (κ3) is 7.31. The second-order valence-corrected chi connectivity index (χ2v) is 16.4. The van der Waals surface area contributed by atoms with Crippen LogP contribution in [0.1, 0.15) is 39.3 Å². The molecule has 1 aliphatic rings. The molecular formula is C23H38N4O3Si. The van der Waals surface area contributed by atoms with E-state index in [2.05, 4.69) is 24.6 Å². The molecule has 0 N–H and O–H groups in total. The number of carbonyl (C=O) groups excluding carboxylic acids is 1. The van der Waals surface area contributed by atoms with E-state index in [9.17, 15) is 4.79 Å². The van der Waals surface area contributed by atoms with E-state index in [1.54, 1.807) is 0 Å². The predicted molar refractivity (Wildman–Crippen MR) is 126 cm³/mol. The maximum Gasteiger partial charge on any atom is 0.410 e. The minimum atomic E-state index is -1.07. The second-order valence-electron chi connectivity index (χ2n) is 10.8. The lowest BCUT2D eigenvalue weighted by Crippen LogP contribution is -2.42. The average molecular weight is 447 g/mol. The van der Waals surface area contributed by atoms with Crippen LogP contribution < -0.4 is 0 Å². The van der Waals surface area contributed by atoms with Crippen molar-refractivity contribution in [2.75, 3.05) is 19.7 Å². The highest BCUT2D eigenvalue weighted by atomic mass is 28.3. The number of rotatable bonds is 7. The number of fused-ring (bicyclic) bond motifs is 1. The number of nitrogens with zero attached hydrogens (tertiary/aromatic N) is 4. The molecule has 0 atom stereocenters. The average Bonchev–Trinajstić information content (AvgIpc) is 3.06. The summed E-state index contributed by atoms with van der Waals surface area (Å²) in [6.07, 6.45) is 6.50. The Morgan fingerprint density at radius 3 is 2.58 bits per heavy atom. The molecule has 0 unspecified atom stereocenters. The van der Waals surface area contributed by atoms with Crippen molar-refractivity contribution in [3.63, 3.8) is 0 Å². The van der Waals surface area contributed by atoms with Gasteiger partial charge >= 0.3 is 6.09 Å². The molecule has 1 amide bonds. The summed E-state index contributed by atoms with van der Waals surface area (Å²) in [5, 5.41) is 0. The van der Waals surface area contributed by atoms with Gasteiger partial charge in [-0.3, -0.25) is 0 Å². The summed E-state index contributed by atoms with van der Waals surface area (Å²) >= 11 is 0. The lowest BCUT2D eigenvalue weighted by molar-refractivity contribution is 0.0184. The number of aromatic nitrogens is 3. The minimum absolute atomic E-state index is 0.208. The number of hydrogen-bond acceptors (Lipinski definition) is 5. The Bertz CT molecular complexity index is 877. The van der Waals surface area contributed by atoms with Crippen LogP contribution in [0.4, 0.5) is 4.79 Å². The van der Waals surface area contributed by atoms with Crippen molar-refractivity contribution in [1.29, 1.82) is 0 Å². The number of ether oxygens (including phenoxy) is 2. The van der Waals surface area contributed by atoms with Crippen molar-refractivity contribution in [3.8, 4) is 0 Å². The first kappa shape index (κ1) is 23.7. The van der Waals surface area contributed by atoms with Crippen molar-refractivity contribution >= 4 is 25.3 Å². The fourth-order valence-corrected chi connectivity index (χ4v) is 4.44. The molecule has 0 aliphatic carbocycles. The maximum atomic E-state index is 12.2. The molecule has 3 rings (SSSR count). The van der Waals surface area contributed by atoms with E-state index >= 15 is 0 Å². The molecular weight excluding hydrogens is 408 g/mol. The van der Waals surface area contributed by atoms with Crippen LogP contribution >= 0.6 is 0 Å². The third-order valence-electron chi connectivity index (χ3n) is 5.50. The summed E-state index contributed by atoms with van der Waals surface area (Å²) in [4.78, 5) is 23.5. The van der Waals surface area contributed by atoms with Crippen LogP contribution in [-0.4, -0.2) is 58.9 Å². The van der Waals surface area contributed by atoms with Crippen LogP contribution in [0.3, 0.4) is 0 Å². The van der Waals surface area contributed by atoms with Gasteiger partial charge in [0.2, 0.25) is 0 Å². The summed E-state index contributed by atoms with van der Waals surface area (Å²) in [6.45, 7) is 15.6. The Hall–Kier alpha value is -1.93. The Balaban J connectivity index is 1.50.